The molecular formula is C18H17F3N6O3. The highest BCUT2D eigenvalue weighted by molar-refractivity contribution is 5.94. The quantitative estimate of drug-likeness (QED) is 0.637. The summed E-state index contributed by atoms with van der Waals surface area (Å²) in [6, 6.07) is 4.92. The molecule has 2 aromatic heterocycles. The summed E-state index contributed by atoms with van der Waals surface area (Å²) >= 11 is 0. The fourth-order valence-corrected chi connectivity index (χ4v) is 3.32. The molecule has 0 aliphatic carbocycles. The van der Waals surface area contributed by atoms with Crippen LogP contribution in [0.25, 0.3) is 11.6 Å². The van der Waals surface area contributed by atoms with Gasteiger partial charge in [0.25, 0.3) is 11.8 Å². The number of halogens is 3. The third-order valence-electron chi connectivity index (χ3n) is 4.63. The van der Waals surface area contributed by atoms with Crippen molar-refractivity contribution in [2.45, 2.75) is 32.2 Å². The minimum atomic E-state index is -4.82. The van der Waals surface area contributed by atoms with E-state index in [1.807, 2.05) is 0 Å². The Morgan fingerprint density at radius 2 is 2.17 bits per heavy atom. The molecular weight excluding hydrogens is 405 g/mol. The number of rotatable bonds is 4. The molecule has 0 spiro atoms. The van der Waals surface area contributed by atoms with Crippen molar-refractivity contribution in [3.63, 3.8) is 0 Å². The number of aromatic nitrogens is 5. The lowest BCUT2D eigenvalue weighted by molar-refractivity contribution is -0.274. The predicted molar refractivity (Wildman–Crippen MR) is 95.4 cm³/mol. The van der Waals surface area contributed by atoms with Crippen LogP contribution < -0.4 is 4.74 Å². The van der Waals surface area contributed by atoms with E-state index in [1.165, 1.54) is 12.1 Å². The Hall–Kier alpha value is -3.44. The lowest BCUT2D eigenvalue weighted by Crippen LogP contribution is -2.40. The first-order valence-electron chi connectivity index (χ1n) is 9.16. The summed E-state index contributed by atoms with van der Waals surface area (Å²) in [7, 11) is 0. The smallest absolute Gasteiger partial charge is 0.406 e. The average Bonchev–Trinajstić information content (AvgIpc) is 3.35. The van der Waals surface area contributed by atoms with E-state index in [1.54, 1.807) is 22.7 Å². The Balaban J connectivity index is 1.47. The Kier molecular flexibility index (Phi) is 5.14. The van der Waals surface area contributed by atoms with Crippen molar-refractivity contribution in [3.05, 3.63) is 41.9 Å². The van der Waals surface area contributed by atoms with E-state index in [0.29, 0.717) is 31.0 Å². The molecule has 12 heteroatoms. The van der Waals surface area contributed by atoms with Gasteiger partial charge in [0.05, 0.1) is 12.2 Å². The minimum Gasteiger partial charge on any atom is -0.406 e. The van der Waals surface area contributed by atoms with Gasteiger partial charge in [-0.15, -0.1) is 18.3 Å². The molecule has 1 fully saturated rings. The molecule has 30 heavy (non-hydrogen) atoms. The first-order valence-corrected chi connectivity index (χ1v) is 9.16. The molecule has 3 heterocycles. The topological polar surface area (TPSA) is 99.2 Å². The fourth-order valence-electron chi connectivity index (χ4n) is 3.32. The second-order valence-corrected chi connectivity index (χ2v) is 6.85. The molecule has 1 saturated heterocycles. The molecule has 0 saturated carbocycles. The van der Waals surface area contributed by atoms with Gasteiger partial charge in [0, 0.05) is 18.7 Å². The number of amides is 1. The number of carbonyl (C=O) groups excluding carboxylic acids is 1. The highest BCUT2D eigenvalue weighted by atomic mass is 19.4. The van der Waals surface area contributed by atoms with Crippen LogP contribution in [0.1, 0.15) is 35.1 Å². The first kappa shape index (κ1) is 19.9. The van der Waals surface area contributed by atoms with Gasteiger partial charge in [0.1, 0.15) is 5.75 Å². The van der Waals surface area contributed by atoms with Gasteiger partial charge in [-0.3, -0.25) is 4.79 Å². The first-order chi connectivity index (χ1) is 14.3. The summed E-state index contributed by atoms with van der Waals surface area (Å²) in [4.78, 5) is 18.5. The normalized spacial score (nSPS) is 17.2. The van der Waals surface area contributed by atoms with Crippen LogP contribution in [0.4, 0.5) is 13.2 Å². The van der Waals surface area contributed by atoms with E-state index in [4.69, 9.17) is 4.52 Å². The van der Waals surface area contributed by atoms with Crippen molar-refractivity contribution in [1.29, 1.82) is 0 Å². The maximum absolute atomic E-state index is 12.8. The Labute approximate surface area is 168 Å². The van der Waals surface area contributed by atoms with Crippen LogP contribution in [0.15, 0.2) is 35.0 Å². The highest BCUT2D eigenvalue weighted by Crippen LogP contribution is 2.26. The number of carbonyl (C=O) groups is 1. The Bertz CT molecular complexity index is 1050. The van der Waals surface area contributed by atoms with E-state index < -0.39 is 12.1 Å². The van der Waals surface area contributed by atoms with Crippen LogP contribution in [0.2, 0.25) is 0 Å². The van der Waals surface area contributed by atoms with E-state index in [-0.39, 0.29) is 23.4 Å². The van der Waals surface area contributed by atoms with Gasteiger partial charge in [-0.1, -0.05) is 16.4 Å². The maximum Gasteiger partial charge on any atom is 0.573 e. The van der Waals surface area contributed by atoms with Crippen LogP contribution in [-0.2, 0) is 0 Å². The third-order valence-corrected chi connectivity index (χ3v) is 4.63. The van der Waals surface area contributed by atoms with Crippen LogP contribution >= 0.6 is 0 Å². The second kappa shape index (κ2) is 7.76. The number of benzene rings is 1. The van der Waals surface area contributed by atoms with Crippen LogP contribution in [0.5, 0.6) is 5.75 Å². The van der Waals surface area contributed by atoms with Gasteiger partial charge in [0.2, 0.25) is 0 Å². The number of aryl methyl sites for hydroxylation is 1. The van der Waals surface area contributed by atoms with E-state index in [2.05, 4.69) is 25.2 Å². The zero-order valence-electron chi connectivity index (χ0n) is 15.8. The largest absolute Gasteiger partial charge is 0.573 e. The minimum absolute atomic E-state index is 0.123. The molecule has 158 valence electrons. The van der Waals surface area contributed by atoms with Crippen molar-refractivity contribution in [2.24, 2.45) is 0 Å². The molecule has 4 rings (SSSR count). The number of nitrogens with zero attached hydrogens (tertiary/aromatic N) is 6. The maximum atomic E-state index is 12.8. The zero-order chi connectivity index (χ0) is 21.3. The monoisotopic (exact) mass is 422 g/mol. The lowest BCUT2D eigenvalue weighted by Gasteiger charge is -2.32. The van der Waals surface area contributed by atoms with Crippen LogP contribution in [0.3, 0.4) is 0 Å². The van der Waals surface area contributed by atoms with E-state index in [0.717, 1.165) is 18.6 Å². The molecule has 1 atom stereocenters. The predicted octanol–water partition coefficient (Wildman–Crippen LogP) is 3.01. The third kappa shape index (κ3) is 4.42. The summed E-state index contributed by atoms with van der Waals surface area (Å²) in [6.07, 6.45) is -1.67. The Morgan fingerprint density at radius 1 is 1.33 bits per heavy atom. The summed E-state index contributed by atoms with van der Waals surface area (Å²) in [6.45, 7) is 2.52. The summed E-state index contributed by atoms with van der Waals surface area (Å²) in [5, 5.41) is 11.9. The molecule has 1 aliphatic rings. The van der Waals surface area contributed by atoms with Crippen molar-refractivity contribution < 1.29 is 27.2 Å². The fraction of sp³-hybridized carbons (Fsp3) is 0.389. The highest BCUT2D eigenvalue weighted by Gasteiger charge is 2.32. The molecule has 1 unspecified atom stereocenters. The van der Waals surface area contributed by atoms with Crippen LogP contribution in [-0.4, -0.2) is 55.4 Å². The summed E-state index contributed by atoms with van der Waals surface area (Å²) in [5.41, 5.74) is 0.550. The molecule has 0 bridgehead atoms. The molecule has 1 aliphatic heterocycles. The molecule has 1 aromatic carbocycles. The van der Waals surface area contributed by atoms with E-state index in [9.17, 15) is 18.0 Å². The van der Waals surface area contributed by atoms with Crippen LogP contribution in [0, 0.1) is 6.92 Å². The molecule has 1 amide bonds. The molecule has 9 nitrogen and oxygen atoms in total. The number of hydrogen-bond donors (Lipinski definition) is 0. The number of piperidine rings is 1. The zero-order valence-corrected chi connectivity index (χ0v) is 15.8. The van der Waals surface area contributed by atoms with Crippen molar-refractivity contribution >= 4 is 5.91 Å². The number of likely N-dealkylation sites (tertiary alicyclic amines) is 1. The van der Waals surface area contributed by atoms with Crippen molar-refractivity contribution in [2.75, 3.05) is 13.1 Å². The SMILES string of the molecule is Cc1noc(-c2cn(C3CCCN(C(=O)c4cccc(OC(F)(F)F)c4)C3)nn2)n1. The lowest BCUT2D eigenvalue weighted by atomic mass is 10.0. The van der Waals surface area contributed by atoms with Crippen molar-refractivity contribution in [1.82, 2.24) is 30.0 Å². The van der Waals surface area contributed by atoms with Crippen molar-refractivity contribution in [3.8, 4) is 17.3 Å². The number of alkyl halides is 3. The van der Waals surface area contributed by atoms with Gasteiger partial charge in [0.15, 0.2) is 11.5 Å². The van der Waals surface area contributed by atoms with Gasteiger partial charge in [-0.2, -0.15) is 4.98 Å². The molecule has 3 aromatic rings. The second-order valence-electron chi connectivity index (χ2n) is 6.85. The Morgan fingerprint density at radius 3 is 2.90 bits per heavy atom. The van der Waals surface area contributed by atoms with Gasteiger partial charge in [-0.05, 0) is 38.0 Å². The number of hydrogen-bond acceptors (Lipinski definition) is 7. The van der Waals surface area contributed by atoms with Gasteiger partial charge < -0.3 is 14.2 Å². The van der Waals surface area contributed by atoms with Gasteiger partial charge in [-0.25, -0.2) is 4.68 Å². The molecule has 0 N–H and O–H groups in total. The summed E-state index contributed by atoms with van der Waals surface area (Å²) < 4.78 is 48.0. The average molecular weight is 422 g/mol. The molecule has 0 radical (unpaired) electrons. The van der Waals surface area contributed by atoms with E-state index >= 15 is 0 Å². The number of ether oxygens (including phenoxy) is 1. The standard InChI is InChI=1S/C18H17F3N6O3/c1-11-22-16(30-24-11)15-10-27(25-23-15)13-5-3-7-26(9-13)17(28)12-4-2-6-14(8-12)29-18(19,20)21/h2,4,6,8,10,13H,3,5,7,9H2,1H3. The van der Waals surface area contributed by atoms with Gasteiger partial charge >= 0.3 is 6.36 Å². The summed E-state index contributed by atoms with van der Waals surface area (Å²) in [5.74, 6) is -0.0763.